The Labute approximate surface area is 111 Å². The Morgan fingerprint density at radius 2 is 2.21 bits per heavy atom. The lowest BCUT2D eigenvalue weighted by Crippen LogP contribution is -2.65. The fraction of sp³-hybridized carbons (Fsp3) is 0.923. The highest BCUT2D eigenvalue weighted by molar-refractivity contribution is 5.76. The maximum Gasteiger partial charge on any atom is 0.316 e. The van der Waals surface area contributed by atoms with Gasteiger partial charge in [0.05, 0.1) is 6.10 Å². The molecule has 3 rings (SSSR count). The van der Waals surface area contributed by atoms with Gasteiger partial charge in [-0.15, -0.1) is 0 Å². The van der Waals surface area contributed by atoms with Crippen molar-refractivity contribution in [3.63, 3.8) is 0 Å². The number of rotatable bonds is 3. The molecule has 0 radical (unpaired) electrons. The predicted octanol–water partition coefficient (Wildman–Crippen LogP) is 1.40. The quantitative estimate of drug-likeness (QED) is 0.439. The molecule has 3 fully saturated rings. The third-order valence-electron chi connectivity index (χ3n) is 4.80. The number of carbonyl (C=O) groups excluding carboxylic acids is 1. The van der Waals surface area contributed by atoms with Gasteiger partial charge in [-0.1, -0.05) is 13.8 Å². The number of carbonyl (C=O) groups is 1. The van der Waals surface area contributed by atoms with E-state index in [2.05, 4.69) is 0 Å². The van der Waals surface area contributed by atoms with E-state index < -0.39 is 17.9 Å². The summed E-state index contributed by atoms with van der Waals surface area (Å²) in [6, 6.07) is -0.728. The summed E-state index contributed by atoms with van der Waals surface area (Å²) in [7, 11) is 0. The van der Waals surface area contributed by atoms with Crippen molar-refractivity contribution in [2.45, 2.75) is 51.4 Å². The molecule has 1 saturated heterocycles. The van der Waals surface area contributed by atoms with Gasteiger partial charge >= 0.3 is 5.97 Å². The first-order chi connectivity index (χ1) is 8.93. The van der Waals surface area contributed by atoms with Gasteiger partial charge in [-0.2, -0.15) is 0 Å². The van der Waals surface area contributed by atoms with Crippen molar-refractivity contribution in [3.8, 4) is 0 Å². The van der Waals surface area contributed by atoms with E-state index in [-0.39, 0.29) is 28.5 Å². The Morgan fingerprint density at radius 1 is 1.47 bits per heavy atom. The topological polar surface area (TPSA) is 78.7 Å². The molecule has 1 heterocycles. The SMILES string of the molecule is CC1(C)[C@@H]2OCCC[C@@H]2[C@@H]1OC(=O)[C@H]1C[C@H]1[N+](=O)[O-]. The second kappa shape index (κ2) is 4.16. The average Bonchev–Trinajstić information content (AvgIpc) is 3.16. The molecule has 0 spiro atoms. The zero-order valence-corrected chi connectivity index (χ0v) is 11.2. The Kier molecular flexibility index (Phi) is 2.81. The minimum absolute atomic E-state index is 0.154. The highest BCUT2D eigenvalue weighted by atomic mass is 16.6. The first-order valence-corrected chi connectivity index (χ1v) is 6.88. The predicted molar refractivity (Wildman–Crippen MR) is 65.0 cm³/mol. The van der Waals surface area contributed by atoms with Crippen molar-refractivity contribution in [1.29, 1.82) is 0 Å². The van der Waals surface area contributed by atoms with Crippen molar-refractivity contribution < 1.29 is 19.2 Å². The molecule has 2 saturated carbocycles. The molecule has 1 aliphatic heterocycles. The maximum absolute atomic E-state index is 11.9. The average molecular weight is 269 g/mol. The number of esters is 1. The van der Waals surface area contributed by atoms with Crippen LogP contribution in [0.5, 0.6) is 0 Å². The van der Waals surface area contributed by atoms with Crippen LogP contribution in [0.2, 0.25) is 0 Å². The first kappa shape index (κ1) is 12.8. The molecule has 0 N–H and O–H groups in total. The van der Waals surface area contributed by atoms with Crippen LogP contribution in [0.4, 0.5) is 0 Å². The van der Waals surface area contributed by atoms with Crippen molar-refractivity contribution in [1.82, 2.24) is 0 Å². The van der Waals surface area contributed by atoms with Gasteiger partial charge in [-0.3, -0.25) is 14.9 Å². The van der Waals surface area contributed by atoms with Gasteiger partial charge in [-0.05, 0) is 12.8 Å². The van der Waals surface area contributed by atoms with Crippen LogP contribution in [0.3, 0.4) is 0 Å². The Balaban J connectivity index is 1.61. The van der Waals surface area contributed by atoms with E-state index in [0.29, 0.717) is 6.42 Å². The van der Waals surface area contributed by atoms with Crippen molar-refractivity contribution in [2.24, 2.45) is 17.3 Å². The first-order valence-electron chi connectivity index (χ1n) is 6.88. The third kappa shape index (κ3) is 1.93. The van der Waals surface area contributed by atoms with Crippen LogP contribution in [0.15, 0.2) is 0 Å². The van der Waals surface area contributed by atoms with Gasteiger partial charge in [0.1, 0.15) is 12.0 Å². The zero-order valence-electron chi connectivity index (χ0n) is 11.2. The number of hydrogen-bond donors (Lipinski definition) is 0. The number of nitro groups is 1. The summed E-state index contributed by atoms with van der Waals surface area (Å²) in [6.07, 6.45) is 2.33. The van der Waals surface area contributed by atoms with Crippen molar-refractivity contribution in [2.75, 3.05) is 6.61 Å². The Morgan fingerprint density at radius 3 is 2.84 bits per heavy atom. The summed E-state index contributed by atoms with van der Waals surface area (Å²) in [4.78, 5) is 22.1. The fourth-order valence-electron chi connectivity index (χ4n) is 3.60. The molecule has 0 bridgehead atoms. The lowest BCUT2D eigenvalue weighted by atomic mass is 9.57. The van der Waals surface area contributed by atoms with Gasteiger partial charge in [0.15, 0.2) is 0 Å². The normalized spacial score (nSPS) is 42.7. The Hall–Kier alpha value is -1.17. The summed E-state index contributed by atoms with van der Waals surface area (Å²) >= 11 is 0. The van der Waals surface area contributed by atoms with Gasteiger partial charge in [-0.25, -0.2) is 0 Å². The number of hydrogen-bond acceptors (Lipinski definition) is 5. The molecule has 5 atom stereocenters. The van der Waals surface area contributed by atoms with Crippen LogP contribution in [0.25, 0.3) is 0 Å². The summed E-state index contributed by atoms with van der Waals surface area (Å²) < 4.78 is 11.3. The molecule has 0 aromatic rings. The molecule has 3 aliphatic rings. The second-order valence-electron chi connectivity index (χ2n) is 6.47. The molecule has 0 aromatic carbocycles. The third-order valence-corrected chi connectivity index (χ3v) is 4.80. The van der Waals surface area contributed by atoms with E-state index in [4.69, 9.17) is 9.47 Å². The minimum atomic E-state index is -0.728. The van der Waals surface area contributed by atoms with Gasteiger partial charge in [0, 0.05) is 29.3 Å². The number of nitrogens with zero attached hydrogens (tertiary/aromatic N) is 1. The molecule has 19 heavy (non-hydrogen) atoms. The molecule has 0 aromatic heterocycles. The summed E-state index contributed by atoms with van der Waals surface area (Å²) in [5.41, 5.74) is -0.181. The zero-order chi connectivity index (χ0) is 13.8. The van der Waals surface area contributed by atoms with Gasteiger partial charge in [0.25, 0.3) is 0 Å². The standard InChI is InChI=1S/C13H19NO5/c1-13(2)10-7(4-3-5-18-10)11(13)19-12(15)8-6-9(8)14(16)17/h7-11H,3-6H2,1-2H3/t7-,8-,9+,10+,11-/m0/s1. The van der Waals surface area contributed by atoms with Gasteiger partial charge in [0.2, 0.25) is 6.04 Å². The smallest absolute Gasteiger partial charge is 0.316 e. The van der Waals surface area contributed by atoms with Crippen LogP contribution in [0.1, 0.15) is 33.1 Å². The monoisotopic (exact) mass is 269 g/mol. The van der Waals surface area contributed by atoms with E-state index in [0.717, 1.165) is 19.4 Å². The molecular formula is C13H19NO5. The molecule has 2 aliphatic carbocycles. The van der Waals surface area contributed by atoms with E-state index in [1.165, 1.54) is 0 Å². The van der Waals surface area contributed by atoms with Crippen LogP contribution in [-0.2, 0) is 14.3 Å². The molecule has 6 nitrogen and oxygen atoms in total. The molecular weight excluding hydrogens is 250 g/mol. The Bertz CT molecular complexity index is 421. The van der Waals surface area contributed by atoms with E-state index in [1.54, 1.807) is 0 Å². The fourth-order valence-corrected chi connectivity index (χ4v) is 3.60. The van der Waals surface area contributed by atoms with Crippen molar-refractivity contribution >= 4 is 5.97 Å². The van der Waals surface area contributed by atoms with Crippen molar-refractivity contribution in [3.05, 3.63) is 10.1 Å². The summed E-state index contributed by atoms with van der Waals surface area (Å²) in [5, 5.41) is 10.6. The molecule has 6 heteroatoms. The number of ether oxygens (including phenoxy) is 2. The lowest BCUT2D eigenvalue weighted by molar-refractivity contribution is -0.497. The molecule has 106 valence electrons. The molecule has 0 amide bonds. The maximum atomic E-state index is 11.9. The summed E-state index contributed by atoms with van der Waals surface area (Å²) in [6.45, 7) is 4.85. The van der Waals surface area contributed by atoms with Gasteiger partial charge < -0.3 is 9.47 Å². The van der Waals surface area contributed by atoms with Crippen LogP contribution >= 0.6 is 0 Å². The highest BCUT2D eigenvalue weighted by Gasteiger charge is 2.62. The second-order valence-corrected chi connectivity index (χ2v) is 6.47. The van der Waals surface area contributed by atoms with Crippen LogP contribution in [-0.4, -0.2) is 35.7 Å². The van der Waals surface area contributed by atoms with E-state index >= 15 is 0 Å². The summed E-state index contributed by atoms with van der Waals surface area (Å²) in [5.74, 6) is -0.668. The largest absolute Gasteiger partial charge is 0.461 e. The molecule has 0 unspecified atom stereocenters. The minimum Gasteiger partial charge on any atom is -0.461 e. The van der Waals surface area contributed by atoms with Crippen LogP contribution in [0, 0.1) is 27.4 Å². The highest BCUT2D eigenvalue weighted by Crippen LogP contribution is 2.53. The lowest BCUT2D eigenvalue weighted by Gasteiger charge is -2.58. The van der Waals surface area contributed by atoms with E-state index in [1.807, 2.05) is 13.8 Å². The van der Waals surface area contributed by atoms with E-state index in [9.17, 15) is 14.9 Å². The van der Waals surface area contributed by atoms with Crippen LogP contribution < -0.4 is 0 Å². The number of fused-ring (bicyclic) bond motifs is 1.